The van der Waals surface area contributed by atoms with Gasteiger partial charge in [0.15, 0.2) is 0 Å². The fourth-order valence-corrected chi connectivity index (χ4v) is 1.88. The number of nitrogens with zero attached hydrogens (tertiary/aromatic N) is 1. The van der Waals surface area contributed by atoms with Crippen LogP contribution in [0.2, 0.25) is 0 Å². The molecule has 0 aliphatic carbocycles. The van der Waals surface area contributed by atoms with Gasteiger partial charge < -0.3 is 5.10 Å². The monoisotopic (exact) mass is 250 g/mol. The zero-order valence-electron chi connectivity index (χ0n) is 9.90. The van der Waals surface area contributed by atoms with Gasteiger partial charge in [0.25, 0.3) is 0 Å². The summed E-state index contributed by atoms with van der Waals surface area (Å²) >= 11 is 5.27. The minimum absolute atomic E-state index is 0.216. The first-order valence-electron chi connectivity index (χ1n) is 5.60. The summed E-state index contributed by atoms with van der Waals surface area (Å²) < 4.78 is 15.5. The van der Waals surface area contributed by atoms with Crippen LogP contribution in [0.4, 0.5) is 4.39 Å². The van der Waals surface area contributed by atoms with Gasteiger partial charge in [0.1, 0.15) is 10.5 Å². The van der Waals surface area contributed by atoms with Crippen LogP contribution >= 0.6 is 12.2 Å². The summed E-state index contributed by atoms with van der Waals surface area (Å²) in [6.45, 7) is 4.87. The van der Waals surface area contributed by atoms with Gasteiger partial charge in [-0.3, -0.25) is 4.68 Å². The van der Waals surface area contributed by atoms with Gasteiger partial charge in [-0.05, 0) is 29.7 Å². The normalized spacial score (nSPS) is 11.1. The van der Waals surface area contributed by atoms with Gasteiger partial charge in [0.05, 0.1) is 6.54 Å². The Hall–Kier alpha value is -1.42. The molecule has 0 atom stereocenters. The van der Waals surface area contributed by atoms with Gasteiger partial charge in [0, 0.05) is 5.69 Å². The van der Waals surface area contributed by atoms with Crippen LogP contribution in [0.1, 0.15) is 31.0 Å². The predicted molar refractivity (Wildman–Crippen MR) is 69.2 cm³/mol. The molecule has 90 valence electrons. The third kappa shape index (κ3) is 2.82. The van der Waals surface area contributed by atoms with Crippen LogP contribution in [-0.2, 0) is 6.54 Å². The lowest BCUT2D eigenvalue weighted by Gasteiger charge is -2.04. The van der Waals surface area contributed by atoms with Crippen LogP contribution in [0.5, 0.6) is 0 Å². The lowest BCUT2D eigenvalue weighted by atomic mass is 10.1. The van der Waals surface area contributed by atoms with Crippen molar-refractivity contribution in [3.05, 3.63) is 52.0 Å². The van der Waals surface area contributed by atoms with E-state index in [-0.39, 0.29) is 5.82 Å². The van der Waals surface area contributed by atoms with E-state index in [9.17, 15) is 4.39 Å². The fraction of sp³-hybridized carbons (Fsp3) is 0.308. The highest BCUT2D eigenvalue weighted by atomic mass is 32.1. The molecule has 0 saturated carbocycles. The summed E-state index contributed by atoms with van der Waals surface area (Å²) in [6, 6.07) is 8.44. The number of aromatic nitrogens is 2. The lowest BCUT2D eigenvalue weighted by molar-refractivity contribution is 0.622. The molecule has 1 aromatic heterocycles. The van der Waals surface area contributed by atoms with Crippen molar-refractivity contribution in [2.45, 2.75) is 26.3 Å². The quantitative estimate of drug-likeness (QED) is 0.820. The van der Waals surface area contributed by atoms with Gasteiger partial charge in [-0.2, -0.15) is 0 Å². The summed E-state index contributed by atoms with van der Waals surface area (Å²) in [4.78, 5) is 0. The highest BCUT2D eigenvalue weighted by molar-refractivity contribution is 7.71. The lowest BCUT2D eigenvalue weighted by Crippen LogP contribution is -2.02. The van der Waals surface area contributed by atoms with Crippen molar-refractivity contribution in [1.29, 1.82) is 0 Å². The zero-order valence-corrected chi connectivity index (χ0v) is 10.7. The van der Waals surface area contributed by atoms with Crippen LogP contribution in [-0.4, -0.2) is 9.78 Å². The fourth-order valence-electron chi connectivity index (χ4n) is 1.64. The topological polar surface area (TPSA) is 20.7 Å². The Morgan fingerprint density at radius 1 is 1.29 bits per heavy atom. The Balaban J connectivity index is 2.24. The molecule has 2 aromatic rings. The van der Waals surface area contributed by atoms with Crippen molar-refractivity contribution in [3.8, 4) is 0 Å². The number of rotatable bonds is 3. The van der Waals surface area contributed by atoms with E-state index >= 15 is 0 Å². The van der Waals surface area contributed by atoms with E-state index in [0.29, 0.717) is 12.5 Å². The molecule has 1 aromatic carbocycles. The first-order valence-corrected chi connectivity index (χ1v) is 6.01. The van der Waals surface area contributed by atoms with E-state index in [0.717, 1.165) is 15.9 Å². The second-order valence-electron chi connectivity index (χ2n) is 4.42. The van der Waals surface area contributed by atoms with E-state index in [1.165, 1.54) is 12.1 Å². The molecule has 0 aliphatic rings. The molecule has 2 rings (SSSR count). The maximum Gasteiger partial charge on any atom is 0.123 e. The summed E-state index contributed by atoms with van der Waals surface area (Å²) in [6.07, 6.45) is 0. The second-order valence-corrected chi connectivity index (χ2v) is 4.84. The zero-order chi connectivity index (χ0) is 12.4. The molecular formula is C13H15FN2S. The summed E-state index contributed by atoms with van der Waals surface area (Å²) in [5.74, 6) is 0.206. The number of hydrogen-bond donors (Lipinski definition) is 1. The number of nitrogens with one attached hydrogen (secondary N) is 1. The minimum atomic E-state index is -0.216. The molecule has 4 heteroatoms. The number of benzene rings is 1. The molecule has 0 fully saturated rings. The summed E-state index contributed by atoms with van der Waals surface area (Å²) in [5, 5.41) is 3.26. The Bertz CT molecular complexity index is 552. The van der Waals surface area contributed by atoms with Gasteiger partial charge in [-0.25, -0.2) is 4.39 Å². The number of hydrogen-bond acceptors (Lipinski definition) is 1. The molecule has 1 N–H and O–H groups in total. The molecule has 0 saturated heterocycles. The van der Waals surface area contributed by atoms with Crippen LogP contribution in [0.3, 0.4) is 0 Å². The van der Waals surface area contributed by atoms with Crippen molar-refractivity contribution in [2.75, 3.05) is 0 Å². The maximum atomic E-state index is 12.8. The second kappa shape index (κ2) is 4.84. The molecule has 0 unspecified atom stereocenters. The highest BCUT2D eigenvalue weighted by Crippen LogP contribution is 2.13. The van der Waals surface area contributed by atoms with E-state index in [1.807, 2.05) is 10.7 Å². The van der Waals surface area contributed by atoms with Gasteiger partial charge in [0.2, 0.25) is 0 Å². The molecule has 0 amide bonds. The van der Waals surface area contributed by atoms with Crippen molar-refractivity contribution in [2.24, 2.45) is 0 Å². The standard InChI is InChI=1S/C13H15FN2S/c1-9(2)12-7-13(17)16(15-12)8-10-3-5-11(14)6-4-10/h3-7,9,15H,8H2,1-2H3. The molecule has 0 bridgehead atoms. The largest absolute Gasteiger partial charge is 0.301 e. The number of H-pyrrole nitrogens is 1. The Morgan fingerprint density at radius 2 is 1.94 bits per heavy atom. The van der Waals surface area contributed by atoms with E-state index < -0.39 is 0 Å². The third-order valence-corrected chi connectivity index (χ3v) is 3.02. The molecule has 2 nitrogen and oxygen atoms in total. The van der Waals surface area contributed by atoms with Crippen LogP contribution in [0.25, 0.3) is 0 Å². The smallest absolute Gasteiger partial charge is 0.123 e. The van der Waals surface area contributed by atoms with Crippen molar-refractivity contribution in [1.82, 2.24) is 9.78 Å². The van der Waals surface area contributed by atoms with Crippen molar-refractivity contribution in [3.63, 3.8) is 0 Å². The van der Waals surface area contributed by atoms with E-state index in [4.69, 9.17) is 12.2 Å². The average molecular weight is 250 g/mol. The van der Waals surface area contributed by atoms with Crippen molar-refractivity contribution >= 4 is 12.2 Å². The van der Waals surface area contributed by atoms with Crippen LogP contribution in [0, 0.1) is 10.5 Å². The van der Waals surface area contributed by atoms with E-state index in [2.05, 4.69) is 18.9 Å². The maximum absolute atomic E-state index is 12.8. The molecule has 0 spiro atoms. The Labute approximate surface area is 105 Å². The van der Waals surface area contributed by atoms with Crippen LogP contribution in [0.15, 0.2) is 30.3 Å². The van der Waals surface area contributed by atoms with Gasteiger partial charge in [-0.15, -0.1) is 0 Å². The molecular weight excluding hydrogens is 235 g/mol. The van der Waals surface area contributed by atoms with E-state index in [1.54, 1.807) is 12.1 Å². The SMILES string of the molecule is CC(C)c1cc(=S)n(Cc2ccc(F)cc2)[nH]1. The summed E-state index contributed by atoms with van der Waals surface area (Å²) in [5.41, 5.74) is 2.15. The molecule has 17 heavy (non-hydrogen) atoms. The first kappa shape index (κ1) is 12.0. The average Bonchev–Trinajstić information content (AvgIpc) is 2.64. The number of aromatic amines is 1. The van der Waals surface area contributed by atoms with Crippen molar-refractivity contribution < 1.29 is 4.39 Å². The third-order valence-electron chi connectivity index (χ3n) is 2.69. The minimum Gasteiger partial charge on any atom is -0.301 e. The van der Waals surface area contributed by atoms with Gasteiger partial charge >= 0.3 is 0 Å². The Morgan fingerprint density at radius 3 is 2.47 bits per heavy atom. The highest BCUT2D eigenvalue weighted by Gasteiger charge is 2.04. The molecule has 0 aliphatic heterocycles. The summed E-state index contributed by atoms with van der Waals surface area (Å²) in [7, 11) is 0. The first-order chi connectivity index (χ1) is 8.06. The van der Waals surface area contributed by atoms with Gasteiger partial charge in [-0.1, -0.05) is 38.2 Å². The molecule has 0 radical (unpaired) electrons. The molecule has 1 heterocycles. The predicted octanol–water partition coefficient (Wildman–Crippen LogP) is 3.86. The Kier molecular flexibility index (Phi) is 3.43. The number of halogens is 1. The van der Waals surface area contributed by atoms with Crippen LogP contribution < -0.4 is 0 Å².